The summed E-state index contributed by atoms with van der Waals surface area (Å²) in [6, 6.07) is 0. The lowest BCUT2D eigenvalue weighted by molar-refractivity contribution is -0.116. The summed E-state index contributed by atoms with van der Waals surface area (Å²) in [5, 5.41) is 9.47. The summed E-state index contributed by atoms with van der Waals surface area (Å²) in [6.45, 7) is 9.08. The van der Waals surface area contributed by atoms with Crippen LogP contribution in [0.4, 0.5) is 0 Å². The number of carboxylic acid groups (broad SMARTS) is 1. The Kier molecular flexibility index (Phi) is 3.10. The van der Waals surface area contributed by atoms with E-state index in [1.54, 1.807) is 0 Å². The first kappa shape index (κ1) is 14.2. The number of fused-ring (bicyclic) bond motifs is 1. The summed E-state index contributed by atoms with van der Waals surface area (Å²) < 4.78 is 5.96. The van der Waals surface area contributed by atoms with Crippen molar-refractivity contribution in [2.75, 3.05) is 0 Å². The standard InChI is InChI=1S/C14H18O4S/c1-7(15)6-8-9(12(16)17)10-11(19-8)14(4,5)18-13(10,2)3/h6H2,1-5H3,(H,16,17). The molecular weight excluding hydrogens is 264 g/mol. The summed E-state index contributed by atoms with van der Waals surface area (Å²) in [7, 11) is 0. The highest BCUT2D eigenvalue weighted by Crippen LogP contribution is 2.52. The third kappa shape index (κ3) is 2.21. The third-order valence-electron chi connectivity index (χ3n) is 3.26. The van der Waals surface area contributed by atoms with Crippen molar-refractivity contribution in [3.05, 3.63) is 20.9 Å². The van der Waals surface area contributed by atoms with Crippen molar-refractivity contribution >= 4 is 23.1 Å². The Morgan fingerprint density at radius 2 is 1.79 bits per heavy atom. The van der Waals surface area contributed by atoms with Gasteiger partial charge in [-0.15, -0.1) is 11.3 Å². The zero-order chi connectivity index (χ0) is 14.6. The number of carbonyl (C=O) groups is 2. The van der Waals surface area contributed by atoms with E-state index in [-0.39, 0.29) is 17.8 Å². The van der Waals surface area contributed by atoms with Crippen molar-refractivity contribution < 1.29 is 19.4 Å². The fourth-order valence-electron chi connectivity index (χ4n) is 2.79. The molecule has 0 bridgehead atoms. The summed E-state index contributed by atoms with van der Waals surface area (Å²) in [6.07, 6.45) is 0.172. The first-order valence-corrected chi connectivity index (χ1v) is 6.97. The molecule has 1 aromatic rings. The molecule has 0 fully saturated rings. The van der Waals surface area contributed by atoms with Gasteiger partial charge in [-0.1, -0.05) is 0 Å². The topological polar surface area (TPSA) is 63.6 Å². The number of ether oxygens (including phenoxy) is 1. The highest BCUT2D eigenvalue weighted by Gasteiger charge is 2.48. The van der Waals surface area contributed by atoms with Crippen LogP contribution in [-0.2, 0) is 27.2 Å². The quantitative estimate of drug-likeness (QED) is 0.925. The second kappa shape index (κ2) is 4.15. The number of thiophene rings is 1. The minimum Gasteiger partial charge on any atom is -0.478 e. The van der Waals surface area contributed by atoms with E-state index in [0.717, 1.165) is 10.4 Å². The minimum absolute atomic E-state index is 0.0287. The Labute approximate surface area is 116 Å². The number of hydrogen-bond donors (Lipinski definition) is 1. The maximum Gasteiger partial charge on any atom is 0.337 e. The minimum atomic E-state index is -0.983. The first-order valence-electron chi connectivity index (χ1n) is 6.16. The Morgan fingerprint density at radius 1 is 1.21 bits per heavy atom. The second-order valence-electron chi connectivity index (χ2n) is 5.91. The van der Waals surface area contributed by atoms with Gasteiger partial charge < -0.3 is 9.84 Å². The molecule has 1 aliphatic heterocycles. The van der Waals surface area contributed by atoms with E-state index in [0.29, 0.717) is 4.88 Å². The van der Waals surface area contributed by atoms with Gasteiger partial charge in [-0.3, -0.25) is 4.79 Å². The number of aromatic carboxylic acids is 1. The molecule has 0 spiro atoms. The number of carboxylic acids is 1. The lowest BCUT2D eigenvalue weighted by atomic mass is 9.92. The molecule has 19 heavy (non-hydrogen) atoms. The van der Waals surface area contributed by atoms with Crippen molar-refractivity contribution in [1.82, 2.24) is 0 Å². The van der Waals surface area contributed by atoms with Crippen molar-refractivity contribution in [3.8, 4) is 0 Å². The van der Waals surface area contributed by atoms with E-state index < -0.39 is 17.2 Å². The molecule has 104 valence electrons. The van der Waals surface area contributed by atoms with Gasteiger partial charge in [0, 0.05) is 21.7 Å². The monoisotopic (exact) mass is 282 g/mol. The number of Topliss-reactive ketones (excluding diaryl/α,β-unsaturated/α-hetero) is 1. The van der Waals surface area contributed by atoms with E-state index in [1.165, 1.54) is 18.3 Å². The lowest BCUT2D eigenvalue weighted by Gasteiger charge is -2.26. The van der Waals surface area contributed by atoms with Crippen molar-refractivity contribution in [3.63, 3.8) is 0 Å². The van der Waals surface area contributed by atoms with Gasteiger partial charge >= 0.3 is 5.97 Å². The lowest BCUT2D eigenvalue weighted by Crippen LogP contribution is -2.24. The summed E-state index contributed by atoms with van der Waals surface area (Å²) >= 11 is 1.39. The largest absolute Gasteiger partial charge is 0.478 e. The van der Waals surface area contributed by atoms with Gasteiger partial charge in [-0.25, -0.2) is 4.79 Å². The van der Waals surface area contributed by atoms with Crippen LogP contribution in [0.2, 0.25) is 0 Å². The van der Waals surface area contributed by atoms with Crippen molar-refractivity contribution in [2.24, 2.45) is 0 Å². The molecule has 1 aliphatic rings. The molecule has 2 heterocycles. The summed E-state index contributed by atoms with van der Waals surface area (Å²) in [5.74, 6) is -1.01. The summed E-state index contributed by atoms with van der Waals surface area (Å²) in [4.78, 5) is 24.4. The number of hydrogen-bond acceptors (Lipinski definition) is 4. The molecule has 0 radical (unpaired) electrons. The van der Waals surface area contributed by atoms with Crippen LogP contribution in [-0.4, -0.2) is 16.9 Å². The highest BCUT2D eigenvalue weighted by molar-refractivity contribution is 7.12. The fourth-order valence-corrected chi connectivity index (χ4v) is 4.34. The van der Waals surface area contributed by atoms with Crippen LogP contribution >= 0.6 is 11.3 Å². The zero-order valence-electron chi connectivity index (χ0n) is 11.8. The van der Waals surface area contributed by atoms with E-state index >= 15 is 0 Å². The number of rotatable bonds is 3. The Balaban J connectivity index is 2.71. The second-order valence-corrected chi connectivity index (χ2v) is 7.02. The Bertz CT molecular complexity index is 566. The fraction of sp³-hybridized carbons (Fsp3) is 0.571. The van der Waals surface area contributed by atoms with E-state index in [2.05, 4.69) is 0 Å². The molecule has 1 aromatic heterocycles. The van der Waals surface area contributed by atoms with Crippen molar-refractivity contribution in [2.45, 2.75) is 52.2 Å². The van der Waals surface area contributed by atoms with Crippen molar-refractivity contribution in [1.29, 1.82) is 0 Å². The van der Waals surface area contributed by atoms with Gasteiger partial charge in [-0.2, -0.15) is 0 Å². The molecule has 0 amide bonds. The van der Waals surface area contributed by atoms with Crippen LogP contribution in [0.3, 0.4) is 0 Å². The predicted molar refractivity (Wildman–Crippen MR) is 72.8 cm³/mol. The van der Waals surface area contributed by atoms with Crippen LogP contribution in [0, 0.1) is 0 Å². The van der Waals surface area contributed by atoms with Gasteiger partial charge in [0.15, 0.2) is 0 Å². The zero-order valence-corrected chi connectivity index (χ0v) is 12.6. The van der Waals surface area contributed by atoms with Gasteiger partial charge in [0.25, 0.3) is 0 Å². The smallest absolute Gasteiger partial charge is 0.337 e. The molecule has 0 aromatic carbocycles. The van der Waals surface area contributed by atoms with E-state index in [9.17, 15) is 14.7 Å². The van der Waals surface area contributed by atoms with Crippen LogP contribution < -0.4 is 0 Å². The van der Waals surface area contributed by atoms with Crippen LogP contribution in [0.25, 0.3) is 0 Å². The molecule has 2 rings (SSSR count). The normalized spacial score (nSPS) is 19.2. The molecule has 0 saturated heterocycles. The van der Waals surface area contributed by atoms with E-state index in [4.69, 9.17) is 4.74 Å². The molecule has 5 heteroatoms. The Morgan fingerprint density at radius 3 is 2.26 bits per heavy atom. The molecule has 0 aliphatic carbocycles. The van der Waals surface area contributed by atoms with E-state index in [1.807, 2.05) is 27.7 Å². The SMILES string of the molecule is CC(=O)Cc1sc2c(c1C(=O)O)C(C)(C)OC2(C)C. The molecule has 0 saturated carbocycles. The van der Waals surface area contributed by atoms with Crippen LogP contribution in [0.15, 0.2) is 0 Å². The maximum absolute atomic E-state index is 11.6. The maximum atomic E-state index is 11.6. The summed E-state index contributed by atoms with van der Waals surface area (Å²) in [5.41, 5.74) is -0.169. The molecule has 1 N–H and O–H groups in total. The molecule has 0 unspecified atom stereocenters. The first-order chi connectivity index (χ1) is 8.56. The average Bonchev–Trinajstić information content (AvgIpc) is 2.61. The molecule has 4 nitrogen and oxygen atoms in total. The number of carbonyl (C=O) groups excluding carboxylic acids is 1. The average molecular weight is 282 g/mol. The van der Waals surface area contributed by atoms with Crippen LogP contribution in [0.1, 0.15) is 60.3 Å². The Hall–Kier alpha value is -1.20. The van der Waals surface area contributed by atoms with Gasteiger partial charge in [0.2, 0.25) is 0 Å². The van der Waals surface area contributed by atoms with Crippen LogP contribution in [0.5, 0.6) is 0 Å². The highest BCUT2D eigenvalue weighted by atomic mass is 32.1. The van der Waals surface area contributed by atoms with Gasteiger partial charge in [-0.05, 0) is 34.6 Å². The predicted octanol–water partition coefficient (Wildman–Crippen LogP) is 3.08. The van der Waals surface area contributed by atoms with Gasteiger partial charge in [0.1, 0.15) is 5.78 Å². The molecule has 0 atom stereocenters. The third-order valence-corrected chi connectivity index (χ3v) is 4.76. The number of ketones is 1. The molecular formula is C14H18O4S. The van der Waals surface area contributed by atoms with Gasteiger partial charge in [0.05, 0.1) is 16.8 Å².